The van der Waals surface area contributed by atoms with Crippen LogP contribution in [0.15, 0.2) is 34.1 Å². The van der Waals surface area contributed by atoms with Gasteiger partial charge in [-0.2, -0.15) is 13.2 Å². The second kappa shape index (κ2) is 5.26. The first-order valence-electron chi connectivity index (χ1n) is 5.39. The molecule has 1 aromatic heterocycles. The number of aliphatic hydroxyl groups is 1. The summed E-state index contributed by atoms with van der Waals surface area (Å²) in [6, 6.07) is 5.10. The smallest absolute Gasteiger partial charge is 0.383 e. The predicted molar refractivity (Wildman–Crippen MR) is 72.3 cm³/mol. The summed E-state index contributed by atoms with van der Waals surface area (Å²) < 4.78 is 38.5. The van der Waals surface area contributed by atoms with Gasteiger partial charge >= 0.3 is 6.18 Å². The predicted octanol–water partition coefficient (Wildman–Crippen LogP) is 4.92. The summed E-state index contributed by atoms with van der Waals surface area (Å²) in [5.41, 5.74) is 0.321. The number of rotatable bonds is 2. The highest BCUT2D eigenvalue weighted by Gasteiger charge is 2.32. The maximum Gasteiger partial charge on any atom is 0.416 e. The monoisotopic (exact) mass is 350 g/mol. The van der Waals surface area contributed by atoms with Gasteiger partial charge in [-0.1, -0.05) is 15.9 Å². The SMILES string of the molecule is Cc1ccsc1C(O)c1cc(C(F)(F)F)ccc1Br. The zero-order valence-electron chi connectivity index (χ0n) is 9.83. The van der Waals surface area contributed by atoms with E-state index >= 15 is 0 Å². The van der Waals surface area contributed by atoms with E-state index < -0.39 is 17.8 Å². The summed E-state index contributed by atoms with van der Waals surface area (Å²) in [6.07, 6.45) is -5.48. The first-order chi connectivity index (χ1) is 8.80. The maximum atomic E-state index is 12.7. The van der Waals surface area contributed by atoms with E-state index in [0.717, 1.165) is 17.7 Å². The van der Waals surface area contributed by atoms with Crippen LogP contribution >= 0.6 is 27.3 Å². The van der Waals surface area contributed by atoms with Crippen LogP contribution in [0.4, 0.5) is 13.2 Å². The molecule has 0 spiro atoms. The van der Waals surface area contributed by atoms with Gasteiger partial charge in [0.05, 0.1) is 5.56 Å². The first-order valence-corrected chi connectivity index (χ1v) is 7.06. The third-order valence-corrected chi connectivity index (χ3v) is 4.56. The van der Waals surface area contributed by atoms with E-state index in [1.54, 1.807) is 5.38 Å². The molecule has 2 aromatic rings. The van der Waals surface area contributed by atoms with Crippen LogP contribution in [0.2, 0.25) is 0 Å². The summed E-state index contributed by atoms with van der Waals surface area (Å²) in [6.45, 7) is 1.82. The Morgan fingerprint density at radius 3 is 2.47 bits per heavy atom. The lowest BCUT2D eigenvalue weighted by Crippen LogP contribution is -2.08. The molecule has 1 heterocycles. The number of alkyl halides is 3. The standard InChI is InChI=1S/C13H10BrF3OS/c1-7-4-5-19-12(7)11(18)9-6-8(13(15,16)17)2-3-10(9)14/h2-6,11,18H,1H3. The molecule has 0 aliphatic rings. The van der Waals surface area contributed by atoms with E-state index in [1.165, 1.54) is 17.4 Å². The van der Waals surface area contributed by atoms with E-state index in [9.17, 15) is 18.3 Å². The Morgan fingerprint density at radius 2 is 1.95 bits per heavy atom. The van der Waals surface area contributed by atoms with E-state index in [4.69, 9.17) is 0 Å². The van der Waals surface area contributed by atoms with Gasteiger partial charge in [0.25, 0.3) is 0 Å². The van der Waals surface area contributed by atoms with E-state index in [1.807, 2.05) is 13.0 Å². The number of aliphatic hydroxyl groups excluding tert-OH is 1. The Morgan fingerprint density at radius 1 is 1.26 bits per heavy atom. The molecule has 0 saturated carbocycles. The normalized spacial score (nSPS) is 13.6. The highest BCUT2D eigenvalue weighted by molar-refractivity contribution is 9.10. The summed E-state index contributed by atoms with van der Waals surface area (Å²) in [5, 5.41) is 12.0. The van der Waals surface area contributed by atoms with Crippen LogP contribution in [-0.4, -0.2) is 5.11 Å². The van der Waals surface area contributed by atoms with Crippen molar-refractivity contribution in [3.8, 4) is 0 Å². The molecule has 0 aliphatic heterocycles. The Labute approximate surface area is 120 Å². The molecular weight excluding hydrogens is 341 g/mol. The van der Waals surface area contributed by atoms with Crippen molar-refractivity contribution in [2.24, 2.45) is 0 Å². The Balaban J connectivity index is 2.47. The molecular formula is C13H10BrF3OS. The molecule has 1 unspecified atom stereocenters. The average Bonchev–Trinajstić information content (AvgIpc) is 2.73. The second-order valence-electron chi connectivity index (χ2n) is 4.10. The summed E-state index contributed by atoms with van der Waals surface area (Å²) in [5.74, 6) is 0. The fourth-order valence-corrected chi connectivity index (χ4v) is 3.13. The minimum Gasteiger partial charge on any atom is -0.383 e. The topological polar surface area (TPSA) is 20.2 Å². The lowest BCUT2D eigenvalue weighted by Gasteiger charge is -2.15. The van der Waals surface area contributed by atoms with Gasteiger partial charge in [0.15, 0.2) is 0 Å². The van der Waals surface area contributed by atoms with Gasteiger partial charge < -0.3 is 5.11 Å². The lowest BCUT2D eigenvalue weighted by atomic mass is 10.0. The Kier molecular flexibility index (Phi) is 4.03. The first kappa shape index (κ1) is 14.6. The van der Waals surface area contributed by atoms with Gasteiger partial charge in [-0.15, -0.1) is 11.3 Å². The number of thiophene rings is 1. The third-order valence-electron chi connectivity index (χ3n) is 2.77. The van der Waals surface area contributed by atoms with Gasteiger partial charge in [0.2, 0.25) is 0 Å². The van der Waals surface area contributed by atoms with Gasteiger partial charge in [-0.05, 0) is 42.1 Å². The van der Waals surface area contributed by atoms with Crippen LogP contribution in [0, 0.1) is 6.92 Å². The lowest BCUT2D eigenvalue weighted by molar-refractivity contribution is -0.137. The highest BCUT2D eigenvalue weighted by Crippen LogP contribution is 2.37. The third kappa shape index (κ3) is 3.01. The fourth-order valence-electron chi connectivity index (χ4n) is 1.74. The fraction of sp³-hybridized carbons (Fsp3) is 0.231. The van der Waals surface area contributed by atoms with Gasteiger partial charge in [0.1, 0.15) is 6.10 Å². The summed E-state index contributed by atoms with van der Waals surface area (Å²) in [7, 11) is 0. The Hall–Kier alpha value is -0.850. The molecule has 6 heteroatoms. The van der Waals surface area contributed by atoms with Crippen molar-refractivity contribution in [1.82, 2.24) is 0 Å². The zero-order chi connectivity index (χ0) is 14.2. The zero-order valence-corrected chi connectivity index (χ0v) is 12.2. The molecule has 2 rings (SSSR count). The Bertz CT molecular complexity index is 592. The minimum absolute atomic E-state index is 0.223. The van der Waals surface area contributed by atoms with Crippen LogP contribution in [-0.2, 0) is 6.18 Å². The molecule has 19 heavy (non-hydrogen) atoms. The van der Waals surface area contributed by atoms with Gasteiger partial charge in [0, 0.05) is 14.9 Å². The molecule has 1 aromatic carbocycles. The molecule has 102 valence electrons. The highest BCUT2D eigenvalue weighted by atomic mass is 79.9. The van der Waals surface area contributed by atoms with E-state index in [2.05, 4.69) is 15.9 Å². The van der Waals surface area contributed by atoms with Crippen molar-refractivity contribution in [3.63, 3.8) is 0 Å². The minimum atomic E-state index is -4.42. The maximum absolute atomic E-state index is 12.7. The molecule has 0 aliphatic carbocycles. The van der Waals surface area contributed by atoms with Gasteiger partial charge in [-0.25, -0.2) is 0 Å². The molecule has 1 N–H and O–H groups in total. The number of aryl methyl sites for hydroxylation is 1. The van der Waals surface area contributed by atoms with Crippen molar-refractivity contribution >= 4 is 27.3 Å². The summed E-state index contributed by atoms with van der Waals surface area (Å²) in [4.78, 5) is 0.653. The molecule has 1 nitrogen and oxygen atoms in total. The van der Waals surface area contributed by atoms with Crippen molar-refractivity contribution in [1.29, 1.82) is 0 Å². The molecule has 0 saturated heterocycles. The molecule has 0 fully saturated rings. The van der Waals surface area contributed by atoms with Crippen LogP contribution in [0.3, 0.4) is 0 Å². The molecule has 0 amide bonds. The van der Waals surface area contributed by atoms with Crippen LogP contribution in [0.1, 0.15) is 27.7 Å². The van der Waals surface area contributed by atoms with Crippen LogP contribution in [0.25, 0.3) is 0 Å². The van der Waals surface area contributed by atoms with Crippen molar-refractivity contribution in [2.45, 2.75) is 19.2 Å². The largest absolute Gasteiger partial charge is 0.416 e. The number of benzene rings is 1. The van der Waals surface area contributed by atoms with Crippen molar-refractivity contribution in [3.05, 3.63) is 55.7 Å². The van der Waals surface area contributed by atoms with E-state index in [-0.39, 0.29) is 5.56 Å². The van der Waals surface area contributed by atoms with Crippen LogP contribution < -0.4 is 0 Å². The molecule has 0 radical (unpaired) electrons. The van der Waals surface area contributed by atoms with Crippen molar-refractivity contribution in [2.75, 3.05) is 0 Å². The molecule has 0 bridgehead atoms. The average molecular weight is 351 g/mol. The number of hydrogen-bond donors (Lipinski definition) is 1. The quantitative estimate of drug-likeness (QED) is 0.814. The summed E-state index contributed by atoms with van der Waals surface area (Å²) >= 11 is 4.51. The van der Waals surface area contributed by atoms with E-state index in [0.29, 0.717) is 9.35 Å². The number of hydrogen-bond acceptors (Lipinski definition) is 2. The van der Waals surface area contributed by atoms with Crippen molar-refractivity contribution < 1.29 is 18.3 Å². The molecule has 1 atom stereocenters. The van der Waals surface area contributed by atoms with Gasteiger partial charge in [-0.3, -0.25) is 0 Å². The second-order valence-corrected chi connectivity index (χ2v) is 5.91. The number of halogens is 4. The van der Waals surface area contributed by atoms with Crippen LogP contribution in [0.5, 0.6) is 0 Å².